The third-order valence-electron chi connectivity index (χ3n) is 4.08. The van der Waals surface area contributed by atoms with E-state index in [1.54, 1.807) is 0 Å². The summed E-state index contributed by atoms with van der Waals surface area (Å²) < 4.78 is 4.93. The van der Waals surface area contributed by atoms with Crippen LogP contribution in [0.15, 0.2) is 18.2 Å². The number of aryl methyl sites for hydroxylation is 1. The lowest BCUT2D eigenvalue weighted by Gasteiger charge is -2.31. The first-order valence-corrected chi connectivity index (χ1v) is 8.17. The average molecular weight is 303 g/mol. The van der Waals surface area contributed by atoms with Gasteiger partial charge in [0.15, 0.2) is 0 Å². The SMILES string of the molecule is CC(=O)OCCCCCCN1CCCc2cc(C=O)ccc21. The molecule has 1 heterocycles. The summed E-state index contributed by atoms with van der Waals surface area (Å²) in [6, 6.07) is 6.01. The number of nitrogens with zero attached hydrogens (tertiary/aromatic N) is 1. The first-order valence-electron chi connectivity index (χ1n) is 8.17. The summed E-state index contributed by atoms with van der Waals surface area (Å²) in [5.74, 6) is -0.195. The van der Waals surface area contributed by atoms with Crippen molar-refractivity contribution in [3.05, 3.63) is 29.3 Å². The molecule has 0 unspecified atom stereocenters. The number of unbranched alkanes of at least 4 members (excludes halogenated alkanes) is 3. The van der Waals surface area contributed by atoms with E-state index in [1.165, 1.54) is 18.2 Å². The number of aldehydes is 1. The molecule has 2 rings (SSSR count). The molecule has 1 aliphatic rings. The van der Waals surface area contributed by atoms with Crippen LogP contribution in [0.25, 0.3) is 0 Å². The largest absolute Gasteiger partial charge is 0.466 e. The first kappa shape index (κ1) is 16.5. The van der Waals surface area contributed by atoms with Crippen molar-refractivity contribution in [1.29, 1.82) is 0 Å². The lowest BCUT2D eigenvalue weighted by Crippen LogP contribution is -2.30. The van der Waals surface area contributed by atoms with Gasteiger partial charge in [-0.25, -0.2) is 0 Å². The maximum Gasteiger partial charge on any atom is 0.302 e. The van der Waals surface area contributed by atoms with Gasteiger partial charge in [-0.3, -0.25) is 9.59 Å². The van der Waals surface area contributed by atoms with E-state index in [4.69, 9.17) is 4.74 Å². The summed E-state index contributed by atoms with van der Waals surface area (Å²) in [6.45, 7) is 4.14. The summed E-state index contributed by atoms with van der Waals surface area (Å²) in [5.41, 5.74) is 3.36. The first-order chi connectivity index (χ1) is 10.7. The molecule has 0 atom stereocenters. The minimum Gasteiger partial charge on any atom is -0.466 e. The molecule has 1 aliphatic heterocycles. The van der Waals surface area contributed by atoms with Crippen LogP contribution in [0.3, 0.4) is 0 Å². The van der Waals surface area contributed by atoms with Crippen molar-refractivity contribution in [2.75, 3.05) is 24.6 Å². The summed E-state index contributed by atoms with van der Waals surface area (Å²) in [4.78, 5) is 23.9. The summed E-state index contributed by atoms with van der Waals surface area (Å²) in [5, 5.41) is 0. The Labute approximate surface area is 132 Å². The van der Waals surface area contributed by atoms with Crippen LogP contribution in [0.1, 0.15) is 54.9 Å². The number of benzene rings is 1. The van der Waals surface area contributed by atoms with Gasteiger partial charge in [-0.05, 0) is 55.9 Å². The summed E-state index contributed by atoms with van der Waals surface area (Å²) in [7, 11) is 0. The predicted octanol–water partition coefficient (Wildman–Crippen LogP) is 3.38. The Kier molecular flexibility index (Phi) is 6.44. The molecule has 0 bridgehead atoms. The number of esters is 1. The van der Waals surface area contributed by atoms with Crippen LogP contribution in [0.2, 0.25) is 0 Å². The van der Waals surface area contributed by atoms with Crippen molar-refractivity contribution >= 4 is 17.9 Å². The lowest BCUT2D eigenvalue weighted by atomic mass is 9.99. The zero-order chi connectivity index (χ0) is 15.8. The van der Waals surface area contributed by atoms with Crippen molar-refractivity contribution in [2.24, 2.45) is 0 Å². The van der Waals surface area contributed by atoms with Gasteiger partial charge in [0.1, 0.15) is 6.29 Å². The van der Waals surface area contributed by atoms with E-state index in [2.05, 4.69) is 11.0 Å². The van der Waals surface area contributed by atoms with Gasteiger partial charge >= 0.3 is 5.97 Å². The van der Waals surface area contributed by atoms with E-state index < -0.39 is 0 Å². The second-order valence-electron chi connectivity index (χ2n) is 5.85. The highest BCUT2D eigenvalue weighted by Gasteiger charge is 2.16. The quantitative estimate of drug-likeness (QED) is 0.419. The zero-order valence-electron chi connectivity index (χ0n) is 13.3. The van der Waals surface area contributed by atoms with Gasteiger partial charge in [0.05, 0.1) is 6.61 Å². The summed E-state index contributed by atoms with van der Waals surface area (Å²) >= 11 is 0. The van der Waals surface area contributed by atoms with Gasteiger partial charge in [-0.15, -0.1) is 0 Å². The number of carbonyl (C=O) groups is 2. The van der Waals surface area contributed by atoms with E-state index in [0.717, 1.165) is 63.5 Å². The minimum atomic E-state index is -0.195. The number of fused-ring (bicyclic) bond motifs is 1. The van der Waals surface area contributed by atoms with Gasteiger partial charge in [0.2, 0.25) is 0 Å². The standard InChI is InChI=1S/C18H25NO3/c1-15(21)22-12-5-3-2-4-10-19-11-6-7-17-13-16(14-20)8-9-18(17)19/h8-9,13-14H,2-7,10-12H2,1H3. The van der Waals surface area contributed by atoms with Gasteiger partial charge in [-0.1, -0.05) is 6.42 Å². The molecule has 0 saturated carbocycles. The highest BCUT2D eigenvalue weighted by atomic mass is 16.5. The number of hydrogen-bond acceptors (Lipinski definition) is 4. The Morgan fingerprint density at radius 2 is 2.09 bits per heavy atom. The number of rotatable bonds is 8. The second kappa shape index (κ2) is 8.57. The number of anilines is 1. The molecule has 22 heavy (non-hydrogen) atoms. The number of hydrogen-bond donors (Lipinski definition) is 0. The average Bonchev–Trinajstić information content (AvgIpc) is 2.53. The minimum absolute atomic E-state index is 0.195. The van der Waals surface area contributed by atoms with Crippen LogP contribution in [-0.2, 0) is 16.0 Å². The molecule has 1 aromatic carbocycles. The van der Waals surface area contributed by atoms with E-state index in [0.29, 0.717) is 6.61 Å². The molecule has 0 aromatic heterocycles. The van der Waals surface area contributed by atoms with Crippen molar-refractivity contribution < 1.29 is 14.3 Å². The van der Waals surface area contributed by atoms with E-state index in [9.17, 15) is 9.59 Å². The molecule has 0 fully saturated rings. The molecule has 0 spiro atoms. The molecule has 120 valence electrons. The Bertz CT molecular complexity index is 513. The predicted molar refractivity (Wildman–Crippen MR) is 87.5 cm³/mol. The van der Waals surface area contributed by atoms with Crippen molar-refractivity contribution in [2.45, 2.75) is 45.4 Å². The summed E-state index contributed by atoms with van der Waals surface area (Å²) in [6.07, 6.45) is 7.48. The fourth-order valence-corrected chi connectivity index (χ4v) is 2.97. The Hall–Kier alpha value is -1.84. The fourth-order valence-electron chi connectivity index (χ4n) is 2.97. The maximum atomic E-state index is 10.9. The van der Waals surface area contributed by atoms with Crippen LogP contribution < -0.4 is 4.90 Å². The molecular formula is C18H25NO3. The van der Waals surface area contributed by atoms with Gasteiger partial charge in [0, 0.05) is 31.3 Å². The fraction of sp³-hybridized carbons (Fsp3) is 0.556. The van der Waals surface area contributed by atoms with Crippen molar-refractivity contribution in [1.82, 2.24) is 0 Å². The monoisotopic (exact) mass is 303 g/mol. The lowest BCUT2D eigenvalue weighted by molar-refractivity contribution is -0.141. The molecule has 4 heteroatoms. The smallest absolute Gasteiger partial charge is 0.302 e. The van der Waals surface area contributed by atoms with E-state index in [1.807, 2.05) is 12.1 Å². The molecule has 0 saturated heterocycles. The number of ether oxygens (including phenoxy) is 1. The van der Waals surface area contributed by atoms with Gasteiger partial charge in [-0.2, -0.15) is 0 Å². The molecule has 0 N–H and O–H groups in total. The van der Waals surface area contributed by atoms with Crippen molar-refractivity contribution in [3.63, 3.8) is 0 Å². The van der Waals surface area contributed by atoms with Crippen LogP contribution in [0.4, 0.5) is 5.69 Å². The van der Waals surface area contributed by atoms with E-state index in [-0.39, 0.29) is 5.97 Å². The Morgan fingerprint density at radius 1 is 1.27 bits per heavy atom. The number of carbonyl (C=O) groups excluding carboxylic acids is 2. The molecule has 0 amide bonds. The molecule has 1 aromatic rings. The van der Waals surface area contributed by atoms with Crippen molar-refractivity contribution in [3.8, 4) is 0 Å². The van der Waals surface area contributed by atoms with Gasteiger partial charge < -0.3 is 9.64 Å². The molecule has 4 nitrogen and oxygen atoms in total. The van der Waals surface area contributed by atoms with E-state index >= 15 is 0 Å². The Morgan fingerprint density at radius 3 is 2.86 bits per heavy atom. The third kappa shape index (κ3) is 4.86. The topological polar surface area (TPSA) is 46.6 Å². The van der Waals surface area contributed by atoms with Crippen LogP contribution >= 0.6 is 0 Å². The molecule has 0 aliphatic carbocycles. The zero-order valence-corrected chi connectivity index (χ0v) is 13.3. The maximum absolute atomic E-state index is 10.9. The van der Waals surface area contributed by atoms with Crippen LogP contribution in [-0.4, -0.2) is 32.0 Å². The molecular weight excluding hydrogens is 278 g/mol. The second-order valence-corrected chi connectivity index (χ2v) is 5.85. The van der Waals surface area contributed by atoms with Gasteiger partial charge in [0.25, 0.3) is 0 Å². The Balaban J connectivity index is 1.73. The van der Waals surface area contributed by atoms with Crippen LogP contribution in [0.5, 0.6) is 0 Å². The normalized spacial score (nSPS) is 13.6. The van der Waals surface area contributed by atoms with Crippen LogP contribution in [0, 0.1) is 0 Å². The molecule has 0 radical (unpaired) electrons. The highest BCUT2D eigenvalue weighted by molar-refractivity contribution is 5.77. The third-order valence-corrected chi connectivity index (χ3v) is 4.08. The highest BCUT2D eigenvalue weighted by Crippen LogP contribution is 2.28.